The van der Waals surface area contributed by atoms with Crippen LogP contribution in [0.4, 0.5) is 0 Å². The molecule has 4 aliphatic carbocycles. The van der Waals surface area contributed by atoms with Gasteiger partial charge in [-0.15, -0.1) is 0 Å². The van der Waals surface area contributed by atoms with Crippen LogP contribution in [0.1, 0.15) is 67.7 Å². The average molecular weight is 260 g/mol. The van der Waals surface area contributed by atoms with Gasteiger partial charge in [-0.2, -0.15) is 0 Å². The lowest BCUT2D eigenvalue weighted by Gasteiger charge is -2.87. The molecule has 19 heavy (non-hydrogen) atoms. The minimum atomic E-state index is 0.529. The summed E-state index contributed by atoms with van der Waals surface area (Å²) in [6.07, 6.45) is 4.44. The molecule has 0 spiro atoms. The fourth-order valence-electron chi connectivity index (χ4n) is 8.88. The third kappa shape index (κ3) is 0.841. The van der Waals surface area contributed by atoms with Gasteiger partial charge in [0.25, 0.3) is 0 Å². The molecule has 0 aliphatic heterocycles. The van der Waals surface area contributed by atoms with Crippen LogP contribution in [0.3, 0.4) is 0 Å². The second kappa shape index (κ2) is 2.95. The zero-order chi connectivity index (χ0) is 14.0. The molecule has 4 rings (SSSR count). The fraction of sp³-hybridized carbons (Fsp3) is 1.00. The van der Waals surface area contributed by atoms with Crippen molar-refractivity contribution in [2.45, 2.75) is 67.7 Å². The van der Waals surface area contributed by atoms with Crippen molar-refractivity contribution in [3.05, 3.63) is 0 Å². The highest BCUT2D eigenvalue weighted by molar-refractivity contribution is 5.36. The Morgan fingerprint density at radius 3 is 2.21 bits per heavy atom. The summed E-state index contributed by atoms with van der Waals surface area (Å²) in [5.41, 5.74) is 2.38. The Morgan fingerprint density at radius 2 is 1.63 bits per heavy atom. The van der Waals surface area contributed by atoms with Gasteiger partial charge in [0.1, 0.15) is 0 Å². The van der Waals surface area contributed by atoms with E-state index in [-0.39, 0.29) is 0 Å². The molecule has 0 nitrogen and oxygen atoms in total. The summed E-state index contributed by atoms with van der Waals surface area (Å²) in [5, 5.41) is 0. The van der Waals surface area contributed by atoms with Crippen LogP contribution in [0, 0.1) is 51.2 Å². The molecule has 8 unspecified atom stereocenters. The molecular weight excluding hydrogens is 228 g/mol. The lowest BCUT2D eigenvalue weighted by molar-refractivity contribution is -0.401. The maximum atomic E-state index is 2.69. The van der Waals surface area contributed by atoms with Gasteiger partial charge in [0.05, 0.1) is 0 Å². The highest BCUT2D eigenvalue weighted by Crippen LogP contribution is 2.93. The van der Waals surface area contributed by atoms with Crippen molar-refractivity contribution in [3.63, 3.8) is 0 Å². The zero-order valence-corrected chi connectivity index (χ0v) is 14.0. The third-order valence-electron chi connectivity index (χ3n) is 10.1. The molecule has 0 aromatic heterocycles. The van der Waals surface area contributed by atoms with Gasteiger partial charge in [-0.1, -0.05) is 54.9 Å². The van der Waals surface area contributed by atoms with Crippen LogP contribution in [0.25, 0.3) is 0 Å². The first kappa shape index (κ1) is 12.7. The van der Waals surface area contributed by atoms with Crippen molar-refractivity contribution in [2.75, 3.05) is 0 Å². The summed E-state index contributed by atoms with van der Waals surface area (Å²) < 4.78 is 0. The van der Waals surface area contributed by atoms with Crippen molar-refractivity contribution in [1.29, 1.82) is 0 Å². The Morgan fingerprint density at radius 1 is 1.00 bits per heavy atom. The molecule has 0 heterocycles. The normalized spacial score (nSPS) is 68.1. The molecule has 0 heteroatoms. The quantitative estimate of drug-likeness (QED) is 0.594. The molecule has 4 fully saturated rings. The van der Waals surface area contributed by atoms with Crippen molar-refractivity contribution < 1.29 is 0 Å². The predicted octanol–water partition coefficient (Wildman–Crippen LogP) is 5.38. The van der Waals surface area contributed by atoms with Crippen LogP contribution < -0.4 is 0 Å². The van der Waals surface area contributed by atoms with Crippen LogP contribution in [0.15, 0.2) is 0 Å². The minimum absolute atomic E-state index is 0.529. The predicted molar refractivity (Wildman–Crippen MR) is 80.8 cm³/mol. The summed E-state index contributed by atoms with van der Waals surface area (Å²) in [6.45, 7) is 18.3. The average Bonchev–Trinajstić information content (AvgIpc) is 2.55. The number of hydrogen-bond donors (Lipinski definition) is 0. The first-order valence-corrected chi connectivity index (χ1v) is 8.68. The van der Waals surface area contributed by atoms with Crippen LogP contribution >= 0.6 is 0 Å². The van der Waals surface area contributed by atoms with Gasteiger partial charge in [0.2, 0.25) is 0 Å². The summed E-state index contributed by atoms with van der Waals surface area (Å²) in [6, 6.07) is 0. The first-order chi connectivity index (χ1) is 8.68. The first-order valence-electron chi connectivity index (χ1n) is 8.68. The fourth-order valence-corrected chi connectivity index (χ4v) is 8.88. The van der Waals surface area contributed by atoms with Crippen molar-refractivity contribution >= 4 is 0 Å². The molecular formula is C19H32. The Labute approximate surface area is 119 Å². The Hall–Kier alpha value is 0. The molecule has 2 bridgehead atoms. The molecule has 0 aromatic carbocycles. The number of rotatable bonds is 1. The monoisotopic (exact) mass is 260 g/mol. The van der Waals surface area contributed by atoms with Gasteiger partial charge in [0, 0.05) is 0 Å². The maximum absolute atomic E-state index is 2.69. The van der Waals surface area contributed by atoms with Gasteiger partial charge in [-0.3, -0.25) is 0 Å². The van der Waals surface area contributed by atoms with Crippen LogP contribution in [-0.4, -0.2) is 0 Å². The largest absolute Gasteiger partial charge is 0.0651 e. The van der Waals surface area contributed by atoms with E-state index in [9.17, 15) is 0 Å². The minimum Gasteiger partial charge on any atom is -0.0651 e. The Kier molecular flexibility index (Phi) is 1.97. The lowest BCUT2D eigenvalue weighted by atomic mass is 9.17. The maximum Gasteiger partial charge on any atom is -0.0171 e. The van der Waals surface area contributed by atoms with E-state index in [4.69, 9.17) is 0 Å². The van der Waals surface area contributed by atoms with Gasteiger partial charge in [-0.25, -0.2) is 0 Å². The molecule has 108 valence electrons. The van der Waals surface area contributed by atoms with Crippen molar-refractivity contribution in [3.8, 4) is 0 Å². The molecule has 0 amide bonds. The van der Waals surface area contributed by atoms with E-state index >= 15 is 0 Å². The van der Waals surface area contributed by atoms with E-state index in [0.29, 0.717) is 21.7 Å². The Balaban J connectivity index is 1.95. The molecule has 8 atom stereocenters. The van der Waals surface area contributed by atoms with E-state index in [1.807, 2.05) is 0 Å². The van der Waals surface area contributed by atoms with E-state index in [1.165, 1.54) is 12.8 Å². The highest BCUT2D eigenvalue weighted by atomic mass is 14.9. The number of hydrogen-bond acceptors (Lipinski definition) is 0. The van der Waals surface area contributed by atoms with E-state index in [2.05, 4.69) is 48.5 Å². The molecule has 0 saturated heterocycles. The van der Waals surface area contributed by atoms with Gasteiger partial charge in [-0.05, 0) is 64.1 Å². The molecule has 0 N–H and O–H groups in total. The second-order valence-electron chi connectivity index (χ2n) is 9.71. The lowest BCUT2D eigenvalue weighted by Crippen LogP contribution is -2.83. The van der Waals surface area contributed by atoms with Crippen LogP contribution in [0.2, 0.25) is 0 Å². The van der Waals surface area contributed by atoms with Crippen molar-refractivity contribution in [1.82, 2.24) is 0 Å². The summed E-state index contributed by atoms with van der Waals surface area (Å²) in [4.78, 5) is 0. The van der Waals surface area contributed by atoms with E-state index in [1.54, 1.807) is 6.42 Å². The molecule has 0 radical (unpaired) electrons. The summed E-state index contributed by atoms with van der Waals surface area (Å²) in [7, 11) is 0. The van der Waals surface area contributed by atoms with Crippen LogP contribution in [-0.2, 0) is 0 Å². The summed E-state index contributed by atoms with van der Waals surface area (Å²) >= 11 is 0. The molecule has 0 aromatic rings. The van der Waals surface area contributed by atoms with E-state index in [0.717, 1.165) is 29.6 Å². The molecule has 4 saturated carbocycles. The van der Waals surface area contributed by atoms with Gasteiger partial charge >= 0.3 is 0 Å². The Bertz CT molecular complexity index is 449. The van der Waals surface area contributed by atoms with Gasteiger partial charge < -0.3 is 0 Å². The third-order valence-corrected chi connectivity index (χ3v) is 10.1. The highest BCUT2D eigenvalue weighted by Gasteiger charge is 2.89. The SMILES string of the molecule is CCC1C2C3CC4CC(C)(C)C1(C)C2(C)C3(C)C4C. The second-order valence-corrected chi connectivity index (χ2v) is 9.71. The summed E-state index contributed by atoms with van der Waals surface area (Å²) in [5.74, 6) is 5.08. The van der Waals surface area contributed by atoms with Gasteiger partial charge in [0.15, 0.2) is 0 Å². The van der Waals surface area contributed by atoms with Crippen molar-refractivity contribution in [2.24, 2.45) is 51.2 Å². The molecule has 4 aliphatic rings. The standard InChI is InChI=1S/C19H32/c1-8-13-15-14-9-12-10-16(3,4)18(13,6)19(15,7)17(14,5)11(12)2/h11-15H,8-10H2,1-7H3. The van der Waals surface area contributed by atoms with E-state index < -0.39 is 0 Å². The number of fused-ring (bicyclic) bond motifs is 2. The smallest absolute Gasteiger partial charge is 0.0171 e. The van der Waals surface area contributed by atoms with Crippen LogP contribution in [0.5, 0.6) is 0 Å². The topological polar surface area (TPSA) is 0 Å². The zero-order valence-electron chi connectivity index (χ0n) is 14.0.